The molecule has 0 fully saturated rings. The van der Waals surface area contributed by atoms with Crippen LogP contribution in [0.1, 0.15) is 16.1 Å². The molecule has 1 N–H and O–H groups in total. The SMILES string of the molecule is Cc1cccc(-n2nc(C(=O)Nc3cccc(Br)c3)cc2-c2cccc3ccccc23)c1. The van der Waals surface area contributed by atoms with E-state index in [4.69, 9.17) is 5.10 Å². The van der Waals surface area contributed by atoms with E-state index in [2.05, 4.69) is 51.6 Å². The van der Waals surface area contributed by atoms with Crippen molar-refractivity contribution in [1.82, 2.24) is 9.78 Å². The highest BCUT2D eigenvalue weighted by Gasteiger charge is 2.18. The number of carbonyl (C=O) groups excluding carboxylic acids is 1. The molecule has 0 unspecified atom stereocenters. The fourth-order valence-electron chi connectivity index (χ4n) is 3.85. The molecule has 5 heteroatoms. The van der Waals surface area contributed by atoms with Crippen molar-refractivity contribution in [1.29, 1.82) is 0 Å². The number of aromatic nitrogens is 2. The van der Waals surface area contributed by atoms with Crippen molar-refractivity contribution in [3.8, 4) is 16.9 Å². The minimum atomic E-state index is -0.254. The molecule has 1 amide bonds. The van der Waals surface area contributed by atoms with Crippen LogP contribution in [0.4, 0.5) is 5.69 Å². The zero-order valence-electron chi connectivity index (χ0n) is 17.4. The van der Waals surface area contributed by atoms with Crippen LogP contribution < -0.4 is 5.32 Å². The Labute approximate surface area is 194 Å². The predicted molar refractivity (Wildman–Crippen MR) is 133 cm³/mol. The molecule has 0 aliphatic heterocycles. The van der Waals surface area contributed by atoms with E-state index >= 15 is 0 Å². The third-order valence-electron chi connectivity index (χ3n) is 5.34. The zero-order valence-corrected chi connectivity index (χ0v) is 19.0. The summed E-state index contributed by atoms with van der Waals surface area (Å²) in [5.74, 6) is -0.254. The third-order valence-corrected chi connectivity index (χ3v) is 5.83. The molecule has 0 aliphatic rings. The number of hydrogen-bond acceptors (Lipinski definition) is 2. The van der Waals surface area contributed by atoms with Crippen LogP contribution in [-0.2, 0) is 0 Å². The van der Waals surface area contributed by atoms with Gasteiger partial charge < -0.3 is 5.32 Å². The minimum absolute atomic E-state index is 0.254. The molecule has 5 rings (SSSR count). The largest absolute Gasteiger partial charge is 0.321 e. The Bertz CT molecular complexity index is 1450. The van der Waals surface area contributed by atoms with Crippen LogP contribution in [0, 0.1) is 6.92 Å². The maximum absolute atomic E-state index is 13.1. The fourth-order valence-corrected chi connectivity index (χ4v) is 4.25. The van der Waals surface area contributed by atoms with Gasteiger partial charge in [0.1, 0.15) is 0 Å². The summed E-state index contributed by atoms with van der Waals surface area (Å²) in [6.07, 6.45) is 0. The van der Waals surface area contributed by atoms with Gasteiger partial charge in [-0.2, -0.15) is 5.10 Å². The van der Waals surface area contributed by atoms with E-state index in [1.807, 2.05) is 78.3 Å². The second kappa shape index (κ2) is 8.44. The van der Waals surface area contributed by atoms with Gasteiger partial charge in [-0.15, -0.1) is 0 Å². The molecule has 0 spiro atoms. The number of fused-ring (bicyclic) bond motifs is 1. The monoisotopic (exact) mass is 481 g/mol. The molecular weight excluding hydrogens is 462 g/mol. The summed E-state index contributed by atoms with van der Waals surface area (Å²) in [6, 6.07) is 31.9. The average molecular weight is 482 g/mol. The summed E-state index contributed by atoms with van der Waals surface area (Å²) >= 11 is 3.44. The van der Waals surface area contributed by atoms with E-state index in [1.165, 1.54) is 0 Å². The molecular formula is C27H20BrN3O. The van der Waals surface area contributed by atoms with Crippen LogP contribution in [0.25, 0.3) is 27.7 Å². The predicted octanol–water partition coefficient (Wildman–Crippen LogP) is 7.02. The smallest absolute Gasteiger partial charge is 0.276 e. The highest BCUT2D eigenvalue weighted by Crippen LogP contribution is 2.31. The van der Waals surface area contributed by atoms with Crippen molar-refractivity contribution >= 4 is 38.3 Å². The molecule has 32 heavy (non-hydrogen) atoms. The minimum Gasteiger partial charge on any atom is -0.321 e. The second-order valence-electron chi connectivity index (χ2n) is 7.66. The van der Waals surface area contributed by atoms with Crippen LogP contribution in [0.15, 0.2) is 102 Å². The summed E-state index contributed by atoms with van der Waals surface area (Å²) < 4.78 is 2.75. The highest BCUT2D eigenvalue weighted by atomic mass is 79.9. The lowest BCUT2D eigenvalue weighted by atomic mass is 10.0. The first-order chi connectivity index (χ1) is 15.6. The van der Waals surface area contributed by atoms with Gasteiger partial charge in [0.05, 0.1) is 11.4 Å². The van der Waals surface area contributed by atoms with Crippen molar-refractivity contribution in [2.75, 3.05) is 5.32 Å². The zero-order chi connectivity index (χ0) is 22.1. The number of carbonyl (C=O) groups is 1. The molecule has 0 radical (unpaired) electrons. The molecule has 1 heterocycles. The normalized spacial score (nSPS) is 10.9. The summed E-state index contributed by atoms with van der Waals surface area (Å²) in [7, 11) is 0. The number of rotatable bonds is 4. The first-order valence-corrected chi connectivity index (χ1v) is 11.1. The van der Waals surface area contributed by atoms with Gasteiger partial charge in [-0.05, 0) is 59.7 Å². The van der Waals surface area contributed by atoms with E-state index in [0.29, 0.717) is 11.4 Å². The number of nitrogens with zero attached hydrogens (tertiary/aromatic N) is 2. The Morgan fingerprint density at radius 3 is 2.50 bits per heavy atom. The molecule has 4 aromatic carbocycles. The van der Waals surface area contributed by atoms with Gasteiger partial charge >= 0.3 is 0 Å². The Kier molecular flexibility index (Phi) is 5.33. The number of halogens is 1. The van der Waals surface area contributed by atoms with E-state index in [9.17, 15) is 4.79 Å². The number of hydrogen-bond donors (Lipinski definition) is 1. The number of benzene rings is 4. The lowest BCUT2D eigenvalue weighted by Gasteiger charge is -2.10. The van der Waals surface area contributed by atoms with Crippen LogP contribution in [0.2, 0.25) is 0 Å². The van der Waals surface area contributed by atoms with Gasteiger partial charge in [0.25, 0.3) is 5.91 Å². The molecule has 0 saturated heterocycles. The van der Waals surface area contributed by atoms with E-state index in [0.717, 1.165) is 37.8 Å². The Morgan fingerprint density at radius 2 is 1.66 bits per heavy atom. The van der Waals surface area contributed by atoms with E-state index in [1.54, 1.807) is 0 Å². The summed E-state index contributed by atoms with van der Waals surface area (Å²) in [5.41, 5.74) is 5.00. The van der Waals surface area contributed by atoms with Crippen molar-refractivity contribution in [2.45, 2.75) is 6.92 Å². The topological polar surface area (TPSA) is 46.9 Å². The molecule has 5 aromatic rings. The summed E-state index contributed by atoms with van der Waals surface area (Å²) in [6.45, 7) is 2.05. The first kappa shape index (κ1) is 20.2. The molecule has 1 aromatic heterocycles. The number of aryl methyl sites for hydroxylation is 1. The Balaban J connectivity index is 1.65. The first-order valence-electron chi connectivity index (χ1n) is 10.3. The van der Waals surface area contributed by atoms with Gasteiger partial charge in [-0.3, -0.25) is 4.79 Å². The fraction of sp³-hybridized carbons (Fsp3) is 0.0370. The maximum Gasteiger partial charge on any atom is 0.276 e. The number of anilines is 1. The highest BCUT2D eigenvalue weighted by molar-refractivity contribution is 9.10. The van der Waals surface area contributed by atoms with Crippen molar-refractivity contribution in [3.63, 3.8) is 0 Å². The molecule has 0 saturated carbocycles. The number of amides is 1. The second-order valence-corrected chi connectivity index (χ2v) is 8.57. The molecule has 0 bridgehead atoms. The lowest BCUT2D eigenvalue weighted by Crippen LogP contribution is -2.13. The van der Waals surface area contributed by atoms with Crippen LogP contribution in [0.3, 0.4) is 0 Å². The molecule has 0 atom stereocenters. The average Bonchev–Trinajstić information content (AvgIpc) is 3.24. The van der Waals surface area contributed by atoms with E-state index < -0.39 is 0 Å². The van der Waals surface area contributed by atoms with Gasteiger partial charge in [-0.1, -0.05) is 76.6 Å². The van der Waals surface area contributed by atoms with Crippen molar-refractivity contribution in [3.05, 3.63) is 113 Å². The van der Waals surface area contributed by atoms with E-state index in [-0.39, 0.29) is 5.91 Å². The summed E-state index contributed by atoms with van der Waals surface area (Å²) in [5, 5.41) is 9.92. The van der Waals surface area contributed by atoms with Crippen molar-refractivity contribution in [2.24, 2.45) is 0 Å². The van der Waals surface area contributed by atoms with Crippen LogP contribution >= 0.6 is 15.9 Å². The Hall–Kier alpha value is -3.70. The summed E-state index contributed by atoms with van der Waals surface area (Å²) in [4.78, 5) is 13.1. The third kappa shape index (κ3) is 3.95. The van der Waals surface area contributed by atoms with Crippen LogP contribution in [0.5, 0.6) is 0 Å². The quantitative estimate of drug-likeness (QED) is 0.299. The molecule has 4 nitrogen and oxygen atoms in total. The van der Waals surface area contributed by atoms with Crippen molar-refractivity contribution < 1.29 is 4.79 Å². The Morgan fingerprint density at radius 1 is 0.875 bits per heavy atom. The van der Waals surface area contributed by atoms with Gasteiger partial charge in [0.2, 0.25) is 0 Å². The maximum atomic E-state index is 13.1. The standard InChI is InChI=1S/C27H20BrN3O/c1-18-7-4-12-22(15-18)31-26(24-14-5-9-19-8-2-3-13-23(19)24)17-25(30-31)27(32)29-21-11-6-10-20(28)16-21/h2-17H,1H3,(H,29,32). The van der Waals surface area contributed by atoms with Gasteiger partial charge in [-0.25, -0.2) is 4.68 Å². The van der Waals surface area contributed by atoms with Gasteiger partial charge in [0, 0.05) is 15.7 Å². The molecule has 156 valence electrons. The van der Waals surface area contributed by atoms with Crippen LogP contribution in [-0.4, -0.2) is 15.7 Å². The lowest BCUT2D eigenvalue weighted by molar-refractivity contribution is 0.102. The molecule has 0 aliphatic carbocycles. The van der Waals surface area contributed by atoms with Gasteiger partial charge in [0.15, 0.2) is 5.69 Å². The number of nitrogens with one attached hydrogen (secondary N) is 1.